The number of aromatic amines is 1. The van der Waals surface area contributed by atoms with Crippen LogP contribution in [0.3, 0.4) is 0 Å². The average Bonchev–Trinajstić information content (AvgIpc) is 3.07. The number of ether oxygens (including phenoxy) is 2. The van der Waals surface area contributed by atoms with Crippen molar-refractivity contribution < 1.29 is 24.2 Å². The highest BCUT2D eigenvalue weighted by atomic mass is 16.6. The van der Waals surface area contributed by atoms with Gasteiger partial charge in [0.25, 0.3) is 0 Å². The van der Waals surface area contributed by atoms with E-state index >= 15 is 0 Å². The van der Waals surface area contributed by atoms with E-state index in [0.717, 1.165) is 5.56 Å². The van der Waals surface area contributed by atoms with Crippen molar-refractivity contribution in [2.45, 2.75) is 45.4 Å². The SMILES string of the molecule is CC(C)(C)OC(=O)NC(CCOCc1ccccc1)c1[nH]ccc1C(=O)O. The van der Waals surface area contributed by atoms with E-state index < -0.39 is 23.7 Å². The molecule has 7 heteroatoms. The largest absolute Gasteiger partial charge is 0.478 e. The van der Waals surface area contributed by atoms with E-state index in [1.807, 2.05) is 30.3 Å². The van der Waals surface area contributed by atoms with Crippen molar-refractivity contribution in [2.24, 2.45) is 0 Å². The van der Waals surface area contributed by atoms with E-state index in [1.54, 1.807) is 20.8 Å². The highest BCUT2D eigenvalue weighted by Gasteiger charge is 2.24. The number of benzene rings is 1. The smallest absolute Gasteiger partial charge is 0.408 e. The Labute approximate surface area is 158 Å². The lowest BCUT2D eigenvalue weighted by molar-refractivity contribution is 0.0477. The summed E-state index contributed by atoms with van der Waals surface area (Å²) in [7, 11) is 0. The van der Waals surface area contributed by atoms with Gasteiger partial charge >= 0.3 is 12.1 Å². The van der Waals surface area contributed by atoms with Gasteiger partial charge in [0.2, 0.25) is 0 Å². The molecule has 0 radical (unpaired) electrons. The highest BCUT2D eigenvalue weighted by Crippen LogP contribution is 2.21. The first-order valence-corrected chi connectivity index (χ1v) is 8.78. The van der Waals surface area contributed by atoms with Crippen molar-refractivity contribution >= 4 is 12.1 Å². The summed E-state index contributed by atoms with van der Waals surface area (Å²) in [6, 6.07) is 10.6. The predicted octanol–water partition coefficient (Wildman–Crippen LogP) is 3.89. The van der Waals surface area contributed by atoms with Crippen LogP contribution in [0.25, 0.3) is 0 Å². The Balaban J connectivity index is 2.01. The number of rotatable bonds is 8. The predicted molar refractivity (Wildman–Crippen MR) is 101 cm³/mol. The van der Waals surface area contributed by atoms with Crippen LogP contribution in [0, 0.1) is 0 Å². The monoisotopic (exact) mass is 374 g/mol. The Morgan fingerprint density at radius 2 is 1.89 bits per heavy atom. The zero-order valence-corrected chi connectivity index (χ0v) is 15.8. The van der Waals surface area contributed by atoms with Gasteiger partial charge in [-0.25, -0.2) is 9.59 Å². The first kappa shape index (κ1) is 20.5. The molecular weight excluding hydrogens is 348 g/mol. The van der Waals surface area contributed by atoms with Gasteiger partial charge in [0.15, 0.2) is 0 Å². The third-order valence-corrected chi connectivity index (χ3v) is 3.71. The maximum absolute atomic E-state index is 12.2. The third kappa shape index (κ3) is 6.79. The van der Waals surface area contributed by atoms with E-state index in [2.05, 4.69) is 10.3 Å². The summed E-state index contributed by atoms with van der Waals surface area (Å²) in [6.07, 6.45) is 1.32. The van der Waals surface area contributed by atoms with Crippen LogP contribution in [-0.2, 0) is 16.1 Å². The summed E-state index contributed by atoms with van der Waals surface area (Å²) < 4.78 is 11.0. The molecule has 0 aliphatic carbocycles. The van der Waals surface area contributed by atoms with Crippen molar-refractivity contribution in [3.8, 4) is 0 Å². The molecule has 1 unspecified atom stereocenters. The number of carbonyl (C=O) groups excluding carboxylic acids is 1. The Hall–Kier alpha value is -2.80. The molecule has 27 heavy (non-hydrogen) atoms. The molecule has 146 valence electrons. The van der Waals surface area contributed by atoms with Gasteiger partial charge in [-0.2, -0.15) is 0 Å². The molecule has 1 amide bonds. The second-order valence-electron chi connectivity index (χ2n) is 7.14. The fraction of sp³-hybridized carbons (Fsp3) is 0.400. The van der Waals surface area contributed by atoms with Gasteiger partial charge in [-0.1, -0.05) is 30.3 Å². The first-order valence-electron chi connectivity index (χ1n) is 8.78. The molecule has 1 heterocycles. The Morgan fingerprint density at radius 1 is 1.19 bits per heavy atom. The lowest BCUT2D eigenvalue weighted by atomic mass is 10.1. The van der Waals surface area contributed by atoms with Gasteiger partial charge in [-0.3, -0.25) is 0 Å². The van der Waals surface area contributed by atoms with Crippen molar-refractivity contribution in [2.75, 3.05) is 6.61 Å². The number of carbonyl (C=O) groups is 2. The zero-order chi connectivity index (χ0) is 19.9. The first-order chi connectivity index (χ1) is 12.8. The molecule has 0 aliphatic heterocycles. The molecule has 1 atom stereocenters. The molecule has 2 aromatic rings. The van der Waals surface area contributed by atoms with E-state index in [1.165, 1.54) is 12.3 Å². The third-order valence-electron chi connectivity index (χ3n) is 3.71. The molecule has 0 saturated heterocycles. The molecule has 7 nitrogen and oxygen atoms in total. The van der Waals surface area contributed by atoms with Crippen LogP contribution in [0.4, 0.5) is 4.79 Å². The van der Waals surface area contributed by atoms with Gasteiger partial charge in [-0.05, 0) is 38.8 Å². The normalized spacial score (nSPS) is 12.4. The van der Waals surface area contributed by atoms with Crippen LogP contribution in [0.1, 0.15) is 54.8 Å². The minimum Gasteiger partial charge on any atom is -0.478 e. The number of aromatic nitrogens is 1. The second-order valence-corrected chi connectivity index (χ2v) is 7.14. The molecular formula is C20H26N2O5. The Bertz CT molecular complexity index is 749. The molecule has 0 saturated carbocycles. The van der Waals surface area contributed by atoms with Crippen LogP contribution < -0.4 is 5.32 Å². The maximum atomic E-state index is 12.2. The number of carboxylic acid groups (broad SMARTS) is 1. The molecule has 0 aliphatic rings. The summed E-state index contributed by atoms with van der Waals surface area (Å²) in [5, 5.41) is 12.1. The van der Waals surface area contributed by atoms with Crippen LogP contribution in [0.15, 0.2) is 42.6 Å². The lowest BCUT2D eigenvalue weighted by Gasteiger charge is -2.23. The molecule has 0 bridgehead atoms. The van der Waals surface area contributed by atoms with Gasteiger partial charge in [0.1, 0.15) is 5.60 Å². The number of H-pyrrole nitrogens is 1. The van der Waals surface area contributed by atoms with Crippen molar-refractivity contribution in [3.05, 3.63) is 59.4 Å². The number of amides is 1. The fourth-order valence-electron chi connectivity index (χ4n) is 2.56. The Kier molecular flexibility index (Phi) is 7.01. The number of alkyl carbamates (subject to hydrolysis) is 1. The quantitative estimate of drug-likeness (QED) is 0.609. The number of aromatic carboxylic acids is 1. The van der Waals surface area contributed by atoms with E-state index in [4.69, 9.17) is 9.47 Å². The zero-order valence-electron chi connectivity index (χ0n) is 15.8. The van der Waals surface area contributed by atoms with Crippen molar-refractivity contribution in [3.63, 3.8) is 0 Å². The molecule has 2 rings (SSSR count). The van der Waals surface area contributed by atoms with Gasteiger partial charge in [0, 0.05) is 12.8 Å². The maximum Gasteiger partial charge on any atom is 0.408 e. The van der Waals surface area contributed by atoms with Crippen molar-refractivity contribution in [1.29, 1.82) is 0 Å². The van der Waals surface area contributed by atoms with Gasteiger partial charge < -0.3 is 24.9 Å². The molecule has 0 spiro atoms. The number of hydrogen-bond donors (Lipinski definition) is 3. The van der Waals surface area contributed by atoms with E-state index in [0.29, 0.717) is 25.3 Å². The lowest BCUT2D eigenvalue weighted by Crippen LogP contribution is -2.36. The summed E-state index contributed by atoms with van der Waals surface area (Å²) in [4.78, 5) is 26.5. The van der Waals surface area contributed by atoms with Gasteiger partial charge in [-0.15, -0.1) is 0 Å². The highest BCUT2D eigenvalue weighted by molar-refractivity contribution is 5.89. The minimum atomic E-state index is -1.06. The molecule has 3 N–H and O–H groups in total. The molecule has 1 aromatic carbocycles. The van der Waals surface area contributed by atoms with Crippen molar-refractivity contribution in [1.82, 2.24) is 10.3 Å². The molecule has 0 fully saturated rings. The summed E-state index contributed by atoms with van der Waals surface area (Å²) in [6.45, 7) is 6.08. The number of nitrogens with one attached hydrogen (secondary N) is 2. The van der Waals surface area contributed by atoms with Crippen LogP contribution >= 0.6 is 0 Å². The van der Waals surface area contributed by atoms with E-state index in [9.17, 15) is 14.7 Å². The fourth-order valence-corrected chi connectivity index (χ4v) is 2.56. The number of carboxylic acids is 1. The molecule has 1 aromatic heterocycles. The second kappa shape index (κ2) is 9.23. The summed E-state index contributed by atoms with van der Waals surface area (Å²) >= 11 is 0. The van der Waals surface area contributed by atoms with Crippen LogP contribution in [0.2, 0.25) is 0 Å². The van der Waals surface area contributed by atoms with Gasteiger partial charge in [0.05, 0.1) is 23.9 Å². The van der Waals surface area contributed by atoms with Crippen LogP contribution in [0.5, 0.6) is 0 Å². The standard InChI is InChI=1S/C20H26N2O5/c1-20(2,3)27-19(25)22-16(17-15(18(23)24)9-11-21-17)10-12-26-13-14-7-5-4-6-8-14/h4-9,11,16,21H,10,12-13H2,1-3H3,(H,22,25)(H,23,24). The van der Waals surface area contributed by atoms with Crippen LogP contribution in [-0.4, -0.2) is 34.4 Å². The number of hydrogen-bond acceptors (Lipinski definition) is 4. The summed E-state index contributed by atoms with van der Waals surface area (Å²) in [5.41, 5.74) is 0.917. The minimum absolute atomic E-state index is 0.110. The topological polar surface area (TPSA) is 101 Å². The van der Waals surface area contributed by atoms with E-state index in [-0.39, 0.29) is 5.56 Å². The average molecular weight is 374 g/mol. The summed E-state index contributed by atoms with van der Waals surface area (Å²) in [5.74, 6) is -1.06. The Morgan fingerprint density at radius 3 is 2.52 bits per heavy atom.